The number of carbonyl (C=O) groups excluding carboxylic acids is 3. The van der Waals surface area contributed by atoms with Crippen molar-refractivity contribution < 1.29 is 39.3 Å². The van der Waals surface area contributed by atoms with E-state index < -0.39 is 53.8 Å². The van der Waals surface area contributed by atoms with Gasteiger partial charge in [0.15, 0.2) is 0 Å². The molecule has 0 aliphatic heterocycles. The summed E-state index contributed by atoms with van der Waals surface area (Å²) in [4.78, 5) is 62.1. The first-order chi connectivity index (χ1) is 19.5. The maximum Gasteiger partial charge on any atom is 0.326 e. The quantitative estimate of drug-likeness (QED) is 0.137. The molecule has 4 atom stereocenters. The van der Waals surface area contributed by atoms with Crippen LogP contribution in [0, 0.1) is 0 Å². The Labute approximate surface area is 242 Å². The molecule has 3 amide bonds. The number of carboxylic acids is 2. The van der Waals surface area contributed by atoms with Crippen LogP contribution in [0.1, 0.15) is 30.4 Å². The van der Waals surface area contributed by atoms with Crippen molar-refractivity contribution in [3.8, 4) is 5.75 Å². The molecule has 0 heterocycles. The Hall–Kier alpha value is -4.10. The molecule has 222 valence electrons. The summed E-state index contributed by atoms with van der Waals surface area (Å²) in [7, 11) is 0. The first-order valence-corrected chi connectivity index (χ1v) is 14.3. The van der Waals surface area contributed by atoms with E-state index in [4.69, 9.17) is 10.8 Å². The van der Waals surface area contributed by atoms with E-state index in [2.05, 4.69) is 16.0 Å². The Balaban J connectivity index is 2.22. The van der Waals surface area contributed by atoms with Crippen LogP contribution in [0.15, 0.2) is 54.6 Å². The topological polar surface area (TPSA) is 208 Å². The van der Waals surface area contributed by atoms with Gasteiger partial charge in [-0.15, -0.1) is 0 Å². The molecule has 0 radical (unpaired) electrons. The van der Waals surface area contributed by atoms with E-state index in [1.165, 1.54) is 23.9 Å². The third kappa shape index (κ3) is 11.9. The lowest BCUT2D eigenvalue weighted by molar-refractivity contribution is -0.142. The number of amides is 3. The SMILES string of the molecule is CSCCC(NC(=O)C(N)CCC(=O)O)C(=O)NC(Cc1ccccc1)C(=O)NC(Cc1ccc(O)cc1)C(=O)O. The molecule has 41 heavy (non-hydrogen) atoms. The number of aliphatic carboxylic acids is 2. The van der Waals surface area contributed by atoms with E-state index in [1.54, 1.807) is 42.5 Å². The van der Waals surface area contributed by atoms with Crippen LogP contribution < -0.4 is 21.7 Å². The van der Waals surface area contributed by atoms with Crippen LogP contribution in [-0.2, 0) is 36.8 Å². The van der Waals surface area contributed by atoms with Crippen LogP contribution in [0.3, 0.4) is 0 Å². The molecule has 0 saturated heterocycles. The Morgan fingerprint density at radius 1 is 0.756 bits per heavy atom. The minimum atomic E-state index is -1.32. The highest BCUT2D eigenvalue weighted by molar-refractivity contribution is 7.98. The van der Waals surface area contributed by atoms with Crippen molar-refractivity contribution in [2.24, 2.45) is 5.73 Å². The summed E-state index contributed by atoms with van der Waals surface area (Å²) >= 11 is 1.44. The Kier molecular flexibility index (Phi) is 13.6. The van der Waals surface area contributed by atoms with Gasteiger partial charge in [0.2, 0.25) is 17.7 Å². The van der Waals surface area contributed by atoms with Crippen molar-refractivity contribution in [1.29, 1.82) is 0 Å². The van der Waals surface area contributed by atoms with Crippen LogP contribution in [0.25, 0.3) is 0 Å². The number of phenols is 1. The number of hydrogen-bond donors (Lipinski definition) is 7. The van der Waals surface area contributed by atoms with Crippen molar-refractivity contribution >= 4 is 41.4 Å². The molecule has 0 spiro atoms. The number of carboxylic acid groups (broad SMARTS) is 2. The van der Waals surface area contributed by atoms with E-state index >= 15 is 0 Å². The van der Waals surface area contributed by atoms with Gasteiger partial charge in [0.05, 0.1) is 6.04 Å². The van der Waals surface area contributed by atoms with Gasteiger partial charge in [0, 0.05) is 19.3 Å². The van der Waals surface area contributed by atoms with Crippen molar-refractivity contribution in [2.75, 3.05) is 12.0 Å². The van der Waals surface area contributed by atoms with Gasteiger partial charge in [0.25, 0.3) is 0 Å². The molecule has 8 N–H and O–H groups in total. The molecular weight excluding hydrogens is 552 g/mol. The number of rotatable bonds is 17. The first kappa shape index (κ1) is 33.1. The molecule has 0 saturated carbocycles. The maximum atomic E-state index is 13.4. The highest BCUT2D eigenvalue weighted by atomic mass is 32.2. The molecule has 0 aliphatic carbocycles. The third-order valence-electron chi connectivity index (χ3n) is 6.16. The van der Waals surface area contributed by atoms with Crippen LogP contribution in [0.4, 0.5) is 0 Å². The smallest absolute Gasteiger partial charge is 0.326 e. The number of thioether (sulfide) groups is 1. The normalized spacial score (nSPS) is 13.7. The Morgan fingerprint density at radius 2 is 1.29 bits per heavy atom. The third-order valence-corrected chi connectivity index (χ3v) is 6.80. The summed E-state index contributed by atoms with van der Waals surface area (Å²) in [6.45, 7) is 0. The second kappa shape index (κ2) is 16.9. The fourth-order valence-corrected chi connectivity index (χ4v) is 4.34. The van der Waals surface area contributed by atoms with Crippen LogP contribution >= 0.6 is 11.8 Å². The number of aromatic hydroxyl groups is 1. The second-order valence-electron chi connectivity index (χ2n) is 9.40. The number of phenolic OH excluding ortho intramolecular Hbond substituents is 1. The lowest BCUT2D eigenvalue weighted by Gasteiger charge is -2.25. The number of hydrogen-bond acceptors (Lipinski definition) is 8. The summed E-state index contributed by atoms with van der Waals surface area (Å²) in [5, 5.41) is 35.8. The summed E-state index contributed by atoms with van der Waals surface area (Å²) in [6, 6.07) is 10.0. The van der Waals surface area contributed by atoms with Gasteiger partial charge in [-0.25, -0.2) is 4.79 Å². The molecule has 12 nitrogen and oxygen atoms in total. The molecule has 2 rings (SSSR count). The predicted octanol–water partition coefficient (Wildman–Crippen LogP) is 0.662. The van der Waals surface area contributed by atoms with E-state index in [1.807, 2.05) is 6.26 Å². The fraction of sp³-hybridized carbons (Fsp3) is 0.393. The average Bonchev–Trinajstić information content (AvgIpc) is 2.94. The molecule has 0 fully saturated rings. The standard InChI is InChI=1S/C28H36N4O8S/c1-41-14-13-21(30-25(36)20(29)11-12-24(34)35)26(37)31-22(15-17-5-3-2-4-6-17)27(38)32-23(28(39)40)16-18-7-9-19(33)10-8-18/h2-10,20-23,33H,11-16,29H2,1H3,(H,30,36)(H,31,37)(H,32,38)(H,34,35)(H,39,40). The summed E-state index contributed by atoms with van der Waals surface area (Å²) in [6.07, 6.45) is 1.59. The number of carbonyl (C=O) groups is 5. The van der Waals surface area contributed by atoms with E-state index in [9.17, 15) is 34.2 Å². The minimum absolute atomic E-state index is 0.0151. The molecule has 4 unspecified atom stereocenters. The zero-order valence-corrected chi connectivity index (χ0v) is 23.4. The van der Waals surface area contributed by atoms with E-state index in [0.717, 1.165) is 0 Å². The van der Waals surface area contributed by atoms with Crippen LogP contribution in [-0.4, -0.2) is 81.2 Å². The molecule has 2 aromatic carbocycles. The second-order valence-corrected chi connectivity index (χ2v) is 10.4. The van der Waals surface area contributed by atoms with Gasteiger partial charge >= 0.3 is 11.9 Å². The molecule has 0 aliphatic rings. The molecule has 0 bridgehead atoms. The monoisotopic (exact) mass is 588 g/mol. The van der Waals surface area contributed by atoms with Crippen LogP contribution in [0.5, 0.6) is 5.75 Å². The van der Waals surface area contributed by atoms with Gasteiger partial charge in [-0.05, 0) is 48.1 Å². The van der Waals surface area contributed by atoms with Gasteiger partial charge in [-0.1, -0.05) is 42.5 Å². The molecule has 2 aromatic rings. The van der Waals surface area contributed by atoms with Crippen molar-refractivity contribution in [3.05, 3.63) is 65.7 Å². The van der Waals surface area contributed by atoms with Gasteiger partial charge < -0.3 is 37.0 Å². The molecule has 0 aromatic heterocycles. The summed E-state index contributed by atoms with van der Waals surface area (Å²) in [5.74, 6) is -3.98. The first-order valence-electron chi connectivity index (χ1n) is 12.9. The fourth-order valence-electron chi connectivity index (χ4n) is 3.86. The average molecular weight is 589 g/mol. The number of benzene rings is 2. The molecule has 13 heteroatoms. The zero-order valence-electron chi connectivity index (χ0n) is 22.6. The lowest BCUT2D eigenvalue weighted by Crippen LogP contribution is -2.58. The lowest BCUT2D eigenvalue weighted by atomic mass is 10.0. The summed E-state index contributed by atoms with van der Waals surface area (Å²) < 4.78 is 0. The van der Waals surface area contributed by atoms with E-state index in [0.29, 0.717) is 16.9 Å². The highest BCUT2D eigenvalue weighted by Crippen LogP contribution is 2.12. The van der Waals surface area contributed by atoms with Gasteiger partial charge in [-0.3, -0.25) is 19.2 Å². The maximum absolute atomic E-state index is 13.4. The largest absolute Gasteiger partial charge is 0.508 e. The van der Waals surface area contributed by atoms with Crippen LogP contribution in [0.2, 0.25) is 0 Å². The minimum Gasteiger partial charge on any atom is -0.508 e. The van der Waals surface area contributed by atoms with Gasteiger partial charge in [-0.2, -0.15) is 11.8 Å². The Morgan fingerprint density at radius 3 is 1.88 bits per heavy atom. The van der Waals surface area contributed by atoms with Crippen molar-refractivity contribution in [3.63, 3.8) is 0 Å². The van der Waals surface area contributed by atoms with Crippen molar-refractivity contribution in [2.45, 2.75) is 56.3 Å². The van der Waals surface area contributed by atoms with E-state index in [-0.39, 0.29) is 37.9 Å². The molecular formula is C28H36N4O8S. The van der Waals surface area contributed by atoms with Crippen molar-refractivity contribution in [1.82, 2.24) is 16.0 Å². The number of nitrogens with two attached hydrogens (primary N) is 1. The predicted molar refractivity (Wildman–Crippen MR) is 153 cm³/mol. The number of nitrogens with one attached hydrogen (secondary N) is 3. The van der Waals surface area contributed by atoms with Gasteiger partial charge in [0.1, 0.15) is 23.9 Å². The zero-order chi connectivity index (χ0) is 30.4. The highest BCUT2D eigenvalue weighted by Gasteiger charge is 2.30. The summed E-state index contributed by atoms with van der Waals surface area (Å²) in [5.41, 5.74) is 7.08. The Bertz CT molecular complexity index is 1180.